The van der Waals surface area contributed by atoms with Crippen molar-refractivity contribution in [1.29, 1.82) is 0 Å². The first-order valence-electron chi connectivity index (χ1n) is 9.19. The van der Waals surface area contributed by atoms with Crippen LogP contribution in [0.15, 0.2) is 30.3 Å². The maximum Gasteiger partial charge on any atom is 0.264 e. The number of aromatic nitrogens is 2. The van der Waals surface area contributed by atoms with E-state index < -0.39 is 0 Å². The summed E-state index contributed by atoms with van der Waals surface area (Å²) in [4.78, 5) is 16.6. The third kappa shape index (κ3) is 3.49. The second kappa shape index (κ2) is 7.40. The van der Waals surface area contributed by atoms with Gasteiger partial charge in [0.1, 0.15) is 10.6 Å². The number of carbonyl (C=O) groups is 1. The molecule has 1 fully saturated rings. The van der Waals surface area contributed by atoms with Gasteiger partial charge in [0.05, 0.1) is 22.9 Å². The third-order valence-electron chi connectivity index (χ3n) is 5.00. The largest absolute Gasteiger partial charge is 0.381 e. The number of nitrogens with zero attached hydrogens (tertiary/aromatic N) is 3. The molecular formula is C20H22FN3O2S. The summed E-state index contributed by atoms with van der Waals surface area (Å²) in [7, 11) is 0. The third-order valence-corrected chi connectivity index (χ3v) is 6.10. The Morgan fingerprint density at radius 3 is 2.85 bits per heavy atom. The van der Waals surface area contributed by atoms with Crippen molar-refractivity contribution >= 4 is 27.5 Å². The van der Waals surface area contributed by atoms with E-state index in [1.54, 1.807) is 16.8 Å². The lowest BCUT2D eigenvalue weighted by molar-refractivity contribution is 0.0735. The minimum Gasteiger partial charge on any atom is -0.381 e. The van der Waals surface area contributed by atoms with Crippen molar-refractivity contribution in [2.75, 3.05) is 26.3 Å². The molecule has 1 aliphatic rings. The van der Waals surface area contributed by atoms with E-state index in [0.29, 0.717) is 17.3 Å². The lowest BCUT2D eigenvalue weighted by Crippen LogP contribution is -2.35. The summed E-state index contributed by atoms with van der Waals surface area (Å²) in [6, 6.07) is 8.15. The van der Waals surface area contributed by atoms with Crippen LogP contribution in [0.4, 0.5) is 4.39 Å². The highest BCUT2D eigenvalue weighted by Crippen LogP contribution is 2.31. The normalized spacial score (nSPS) is 16.9. The minimum absolute atomic E-state index is 0.0515. The maximum absolute atomic E-state index is 13.2. The summed E-state index contributed by atoms with van der Waals surface area (Å²) in [6.45, 7) is 6.85. The molecule has 27 heavy (non-hydrogen) atoms. The topological polar surface area (TPSA) is 47.4 Å². The number of hydrogen-bond donors (Lipinski definition) is 0. The van der Waals surface area contributed by atoms with Gasteiger partial charge in [-0.1, -0.05) is 0 Å². The van der Waals surface area contributed by atoms with Crippen molar-refractivity contribution in [2.24, 2.45) is 5.92 Å². The molecule has 1 unspecified atom stereocenters. The van der Waals surface area contributed by atoms with E-state index in [0.717, 1.165) is 47.8 Å². The summed E-state index contributed by atoms with van der Waals surface area (Å²) < 4.78 is 20.5. The summed E-state index contributed by atoms with van der Waals surface area (Å²) in [5, 5.41) is 5.53. The van der Waals surface area contributed by atoms with E-state index in [1.807, 2.05) is 24.8 Å². The Morgan fingerprint density at radius 1 is 1.41 bits per heavy atom. The maximum atomic E-state index is 13.2. The lowest BCUT2D eigenvalue weighted by atomic mass is 10.1. The Kier molecular flexibility index (Phi) is 4.97. The van der Waals surface area contributed by atoms with Gasteiger partial charge in [-0.25, -0.2) is 9.07 Å². The van der Waals surface area contributed by atoms with Crippen LogP contribution >= 0.6 is 11.3 Å². The Labute approximate surface area is 161 Å². The molecule has 1 aromatic carbocycles. The molecule has 0 bridgehead atoms. The number of fused-ring (bicyclic) bond motifs is 1. The number of thiophene rings is 1. The van der Waals surface area contributed by atoms with Gasteiger partial charge >= 0.3 is 0 Å². The Hall–Kier alpha value is -2.25. The highest BCUT2D eigenvalue weighted by Gasteiger charge is 2.24. The van der Waals surface area contributed by atoms with Gasteiger partial charge in [0.25, 0.3) is 5.91 Å². The summed E-state index contributed by atoms with van der Waals surface area (Å²) in [5.41, 5.74) is 1.64. The predicted molar refractivity (Wildman–Crippen MR) is 104 cm³/mol. The van der Waals surface area contributed by atoms with Crippen LogP contribution < -0.4 is 0 Å². The molecule has 0 spiro atoms. The van der Waals surface area contributed by atoms with Gasteiger partial charge in [0.15, 0.2) is 0 Å². The van der Waals surface area contributed by atoms with Gasteiger partial charge in [0, 0.05) is 31.0 Å². The number of rotatable bonds is 5. The number of benzene rings is 1. The molecule has 1 aliphatic heterocycles. The standard InChI is InChI=1S/C20H22FN3O2S/c1-3-23(11-14-8-9-26-12-14)19(25)18-10-17-13(2)22-24(20(17)27-18)16-6-4-15(21)5-7-16/h4-7,10,14H,3,8-9,11-12H2,1-2H3. The van der Waals surface area contributed by atoms with Crippen molar-refractivity contribution in [3.05, 3.63) is 46.7 Å². The van der Waals surface area contributed by atoms with E-state index in [9.17, 15) is 9.18 Å². The van der Waals surface area contributed by atoms with Crippen molar-refractivity contribution in [2.45, 2.75) is 20.3 Å². The first kappa shape index (κ1) is 18.1. The number of hydrogen-bond acceptors (Lipinski definition) is 4. The number of amides is 1. The van der Waals surface area contributed by atoms with Crippen molar-refractivity contribution < 1.29 is 13.9 Å². The number of halogens is 1. The van der Waals surface area contributed by atoms with Crippen LogP contribution in [0.3, 0.4) is 0 Å². The summed E-state index contributed by atoms with van der Waals surface area (Å²) in [5.74, 6) is 0.186. The van der Waals surface area contributed by atoms with Crippen molar-refractivity contribution in [3.8, 4) is 5.69 Å². The molecule has 0 N–H and O–H groups in total. The highest BCUT2D eigenvalue weighted by molar-refractivity contribution is 7.20. The molecule has 1 atom stereocenters. The molecule has 3 heterocycles. The predicted octanol–water partition coefficient (Wildman–Crippen LogP) is 4.03. The molecule has 0 saturated carbocycles. The fourth-order valence-electron chi connectivity index (χ4n) is 3.46. The van der Waals surface area contributed by atoms with E-state index in [4.69, 9.17) is 4.74 Å². The highest BCUT2D eigenvalue weighted by atomic mass is 32.1. The van der Waals surface area contributed by atoms with Crippen LogP contribution in [0, 0.1) is 18.7 Å². The quantitative estimate of drug-likeness (QED) is 0.664. The van der Waals surface area contributed by atoms with Crippen LogP contribution in [-0.2, 0) is 4.74 Å². The van der Waals surface area contributed by atoms with Crippen LogP contribution in [0.2, 0.25) is 0 Å². The van der Waals surface area contributed by atoms with E-state index >= 15 is 0 Å². The van der Waals surface area contributed by atoms with Gasteiger partial charge in [-0.15, -0.1) is 11.3 Å². The van der Waals surface area contributed by atoms with Crippen LogP contribution in [0.1, 0.15) is 28.7 Å². The van der Waals surface area contributed by atoms with Gasteiger partial charge < -0.3 is 9.64 Å². The van der Waals surface area contributed by atoms with E-state index in [2.05, 4.69) is 5.10 Å². The molecule has 1 saturated heterocycles. The Balaban J connectivity index is 1.65. The molecule has 1 amide bonds. The SMILES string of the molecule is CCN(CC1CCOC1)C(=O)c1cc2c(C)nn(-c3ccc(F)cc3)c2s1. The molecule has 2 aromatic heterocycles. The molecule has 3 aromatic rings. The molecule has 0 radical (unpaired) electrons. The molecule has 142 valence electrons. The fraction of sp³-hybridized carbons (Fsp3) is 0.400. The molecule has 5 nitrogen and oxygen atoms in total. The molecular weight excluding hydrogens is 365 g/mol. The average Bonchev–Trinajstić information content (AvgIpc) is 3.39. The van der Waals surface area contributed by atoms with Crippen LogP contribution in [0.25, 0.3) is 15.9 Å². The van der Waals surface area contributed by atoms with Gasteiger partial charge in [-0.05, 0) is 50.6 Å². The summed E-state index contributed by atoms with van der Waals surface area (Å²) >= 11 is 1.44. The molecule has 4 rings (SSSR count). The van der Waals surface area contributed by atoms with Gasteiger partial charge in [0.2, 0.25) is 0 Å². The average molecular weight is 387 g/mol. The number of ether oxygens (including phenoxy) is 1. The van der Waals surface area contributed by atoms with E-state index in [1.165, 1.54) is 23.5 Å². The smallest absolute Gasteiger partial charge is 0.264 e. The molecule has 7 heteroatoms. The zero-order chi connectivity index (χ0) is 19.0. The fourth-order valence-corrected chi connectivity index (χ4v) is 4.61. The van der Waals surface area contributed by atoms with Crippen LogP contribution in [-0.4, -0.2) is 46.9 Å². The van der Waals surface area contributed by atoms with Gasteiger partial charge in [-0.2, -0.15) is 5.10 Å². The van der Waals surface area contributed by atoms with Crippen molar-refractivity contribution in [1.82, 2.24) is 14.7 Å². The lowest BCUT2D eigenvalue weighted by Gasteiger charge is -2.23. The first-order valence-corrected chi connectivity index (χ1v) is 10.0. The first-order chi connectivity index (χ1) is 13.1. The Bertz CT molecular complexity index is 958. The second-order valence-corrected chi connectivity index (χ2v) is 7.91. The zero-order valence-electron chi connectivity index (χ0n) is 15.4. The minimum atomic E-state index is -0.282. The second-order valence-electron chi connectivity index (χ2n) is 6.88. The van der Waals surface area contributed by atoms with Gasteiger partial charge in [-0.3, -0.25) is 4.79 Å². The van der Waals surface area contributed by atoms with Crippen molar-refractivity contribution in [3.63, 3.8) is 0 Å². The van der Waals surface area contributed by atoms with Crippen LogP contribution in [0.5, 0.6) is 0 Å². The number of aryl methyl sites for hydroxylation is 1. The van der Waals surface area contributed by atoms with E-state index in [-0.39, 0.29) is 11.7 Å². The Morgan fingerprint density at radius 2 is 2.19 bits per heavy atom. The molecule has 0 aliphatic carbocycles. The summed E-state index contributed by atoms with van der Waals surface area (Å²) in [6.07, 6.45) is 1.01. The number of carbonyl (C=O) groups excluding carboxylic acids is 1. The monoisotopic (exact) mass is 387 g/mol. The zero-order valence-corrected chi connectivity index (χ0v) is 16.3.